The summed E-state index contributed by atoms with van der Waals surface area (Å²) in [6, 6.07) is 18.6. The second-order valence-corrected chi connectivity index (χ2v) is 7.79. The van der Waals surface area contributed by atoms with Gasteiger partial charge < -0.3 is 10.1 Å². The Morgan fingerprint density at radius 2 is 1.68 bits per heavy atom. The van der Waals surface area contributed by atoms with Gasteiger partial charge in [0, 0.05) is 5.69 Å². The second-order valence-electron chi connectivity index (χ2n) is 7.38. The van der Waals surface area contributed by atoms with Gasteiger partial charge in [0.1, 0.15) is 6.07 Å². The lowest BCUT2D eigenvalue weighted by atomic mass is 10.1. The number of nitriles is 1. The Hall–Kier alpha value is -4.48. The number of carbonyl (C=O) groups is 4. The summed E-state index contributed by atoms with van der Waals surface area (Å²) in [5, 5.41) is 11.7. The maximum atomic E-state index is 12.7. The van der Waals surface area contributed by atoms with Gasteiger partial charge in [-0.2, -0.15) is 5.26 Å². The van der Waals surface area contributed by atoms with E-state index in [-0.39, 0.29) is 33.0 Å². The van der Waals surface area contributed by atoms with E-state index in [9.17, 15) is 19.2 Å². The highest BCUT2D eigenvalue weighted by Gasteiger charge is 2.36. The van der Waals surface area contributed by atoms with Crippen LogP contribution < -0.4 is 10.2 Å². The molecule has 3 amide bonds. The summed E-state index contributed by atoms with van der Waals surface area (Å²) in [7, 11) is 0. The Bertz CT molecular complexity index is 1360. The first-order chi connectivity index (χ1) is 16.3. The number of ether oxygens (including phenoxy) is 1. The summed E-state index contributed by atoms with van der Waals surface area (Å²) in [6.45, 7) is 1.40. The van der Waals surface area contributed by atoms with Crippen molar-refractivity contribution in [2.24, 2.45) is 0 Å². The number of carbonyl (C=O) groups excluding carboxylic acids is 4. The predicted octanol–water partition coefficient (Wildman–Crippen LogP) is 4.20. The molecule has 1 unspecified atom stereocenters. The average Bonchev–Trinajstić information content (AvgIpc) is 3.09. The van der Waals surface area contributed by atoms with Crippen LogP contribution in [0.1, 0.15) is 43.6 Å². The van der Waals surface area contributed by atoms with Gasteiger partial charge in [-0.1, -0.05) is 29.8 Å². The summed E-state index contributed by atoms with van der Waals surface area (Å²) in [6.07, 6.45) is -1.16. The maximum absolute atomic E-state index is 12.7. The molecule has 8 nitrogen and oxygen atoms in total. The number of amides is 3. The number of hydrogen-bond acceptors (Lipinski definition) is 6. The van der Waals surface area contributed by atoms with E-state index >= 15 is 0 Å². The van der Waals surface area contributed by atoms with Gasteiger partial charge >= 0.3 is 5.97 Å². The molecular weight excluding hydrogens is 458 g/mol. The first kappa shape index (κ1) is 22.7. The fraction of sp³-hybridized carbons (Fsp3) is 0.0800. The van der Waals surface area contributed by atoms with Crippen LogP contribution in [0.3, 0.4) is 0 Å². The van der Waals surface area contributed by atoms with Crippen molar-refractivity contribution in [3.63, 3.8) is 0 Å². The van der Waals surface area contributed by atoms with E-state index in [0.29, 0.717) is 5.69 Å². The van der Waals surface area contributed by atoms with E-state index in [4.69, 9.17) is 21.6 Å². The molecule has 168 valence electrons. The lowest BCUT2D eigenvalue weighted by Gasteiger charge is -2.16. The van der Waals surface area contributed by atoms with Gasteiger partial charge in [0.2, 0.25) is 0 Å². The van der Waals surface area contributed by atoms with E-state index in [2.05, 4.69) is 5.32 Å². The van der Waals surface area contributed by atoms with Crippen molar-refractivity contribution in [3.05, 3.63) is 94.0 Å². The van der Waals surface area contributed by atoms with E-state index in [1.165, 1.54) is 49.4 Å². The van der Waals surface area contributed by atoms with E-state index in [0.717, 1.165) is 4.90 Å². The number of benzene rings is 3. The molecule has 0 radical (unpaired) electrons. The van der Waals surface area contributed by atoms with Crippen molar-refractivity contribution < 1.29 is 23.9 Å². The minimum absolute atomic E-state index is 0.0649. The number of rotatable bonds is 5. The Labute approximate surface area is 199 Å². The lowest BCUT2D eigenvalue weighted by Crippen LogP contribution is -2.31. The molecule has 1 atom stereocenters. The van der Waals surface area contributed by atoms with Gasteiger partial charge in [-0.05, 0) is 55.5 Å². The average molecular weight is 474 g/mol. The number of nitrogens with one attached hydrogen (secondary N) is 1. The smallest absolute Gasteiger partial charge is 0.338 e. The molecule has 0 bridgehead atoms. The molecule has 1 N–H and O–H groups in total. The first-order valence-corrected chi connectivity index (χ1v) is 10.5. The Morgan fingerprint density at radius 1 is 1.00 bits per heavy atom. The fourth-order valence-corrected chi connectivity index (χ4v) is 3.63. The number of imide groups is 1. The van der Waals surface area contributed by atoms with Gasteiger partial charge in [0.05, 0.1) is 33.0 Å². The lowest BCUT2D eigenvalue weighted by molar-refractivity contribution is -0.123. The van der Waals surface area contributed by atoms with E-state index in [1.54, 1.807) is 24.3 Å². The molecule has 1 aliphatic rings. The molecule has 0 aliphatic carbocycles. The third-order valence-corrected chi connectivity index (χ3v) is 5.46. The van der Waals surface area contributed by atoms with Crippen molar-refractivity contribution in [3.8, 4) is 6.07 Å². The van der Waals surface area contributed by atoms with E-state index < -0.39 is 29.8 Å². The molecular formula is C25H16ClN3O5. The number of fused-ring (bicyclic) bond motifs is 1. The van der Waals surface area contributed by atoms with Crippen LogP contribution in [0.25, 0.3) is 0 Å². The molecule has 1 aliphatic heterocycles. The zero-order valence-electron chi connectivity index (χ0n) is 17.7. The van der Waals surface area contributed by atoms with Crippen molar-refractivity contribution >= 4 is 46.7 Å². The summed E-state index contributed by atoms with van der Waals surface area (Å²) in [5.74, 6) is -2.38. The van der Waals surface area contributed by atoms with Gasteiger partial charge in [-0.15, -0.1) is 0 Å². The first-order valence-electron chi connectivity index (χ1n) is 10.1. The molecule has 3 aromatic rings. The summed E-state index contributed by atoms with van der Waals surface area (Å²) in [5.41, 5.74) is 1.45. The SMILES string of the molecule is CC(OC(=O)c1cccc(N2C(=O)c3ccccc3C2=O)c1)C(=O)Nc1ccc(C#N)c(Cl)c1. The summed E-state index contributed by atoms with van der Waals surface area (Å²) < 4.78 is 5.25. The van der Waals surface area contributed by atoms with E-state index in [1.807, 2.05) is 6.07 Å². The standard InChI is InChI=1S/C25H16ClN3O5/c1-14(22(30)28-17-10-9-16(13-27)21(26)12-17)34-25(33)15-5-4-6-18(11-15)29-23(31)19-7-2-3-8-20(19)24(29)32/h2-12,14H,1H3,(H,28,30). The normalized spacial score (nSPS) is 13.1. The van der Waals surface area contributed by atoms with Crippen LogP contribution in [-0.2, 0) is 9.53 Å². The fourth-order valence-electron chi connectivity index (χ4n) is 3.41. The number of nitrogens with zero attached hydrogens (tertiary/aromatic N) is 2. The summed E-state index contributed by atoms with van der Waals surface area (Å²) >= 11 is 5.96. The van der Waals surface area contributed by atoms with Crippen molar-refractivity contribution in [2.75, 3.05) is 10.2 Å². The van der Waals surface area contributed by atoms with Crippen LogP contribution in [0.15, 0.2) is 66.7 Å². The topological polar surface area (TPSA) is 117 Å². The minimum atomic E-state index is -1.16. The second kappa shape index (κ2) is 9.17. The van der Waals surface area contributed by atoms with Crippen LogP contribution in [0, 0.1) is 11.3 Å². The van der Waals surface area contributed by atoms with Crippen LogP contribution in [0.4, 0.5) is 11.4 Å². The third-order valence-electron chi connectivity index (χ3n) is 5.14. The van der Waals surface area contributed by atoms with Crippen molar-refractivity contribution in [2.45, 2.75) is 13.0 Å². The number of esters is 1. The minimum Gasteiger partial charge on any atom is -0.449 e. The number of hydrogen-bond donors (Lipinski definition) is 1. The third kappa shape index (κ3) is 4.25. The Kier molecular flexibility index (Phi) is 6.13. The highest BCUT2D eigenvalue weighted by molar-refractivity contribution is 6.34. The number of halogens is 1. The largest absolute Gasteiger partial charge is 0.449 e. The van der Waals surface area contributed by atoms with Crippen molar-refractivity contribution in [1.82, 2.24) is 0 Å². The maximum Gasteiger partial charge on any atom is 0.338 e. The van der Waals surface area contributed by atoms with Crippen LogP contribution >= 0.6 is 11.6 Å². The zero-order valence-corrected chi connectivity index (χ0v) is 18.5. The van der Waals surface area contributed by atoms with Gasteiger partial charge in [0.25, 0.3) is 17.7 Å². The van der Waals surface area contributed by atoms with Crippen LogP contribution in [-0.4, -0.2) is 29.8 Å². The van der Waals surface area contributed by atoms with Crippen LogP contribution in [0.2, 0.25) is 5.02 Å². The van der Waals surface area contributed by atoms with Gasteiger partial charge in [0.15, 0.2) is 6.10 Å². The zero-order chi connectivity index (χ0) is 24.4. The Balaban J connectivity index is 1.46. The molecule has 0 aromatic heterocycles. The summed E-state index contributed by atoms with van der Waals surface area (Å²) in [4.78, 5) is 51.5. The van der Waals surface area contributed by atoms with Gasteiger partial charge in [-0.25, -0.2) is 9.69 Å². The molecule has 0 saturated carbocycles. The Morgan fingerprint density at radius 3 is 2.29 bits per heavy atom. The monoisotopic (exact) mass is 473 g/mol. The van der Waals surface area contributed by atoms with Crippen molar-refractivity contribution in [1.29, 1.82) is 5.26 Å². The van der Waals surface area contributed by atoms with Crippen LogP contribution in [0.5, 0.6) is 0 Å². The molecule has 1 heterocycles. The highest BCUT2D eigenvalue weighted by atomic mass is 35.5. The molecule has 0 fully saturated rings. The molecule has 0 spiro atoms. The molecule has 0 saturated heterocycles. The molecule has 34 heavy (non-hydrogen) atoms. The number of anilines is 2. The molecule has 4 rings (SSSR count). The highest BCUT2D eigenvalue weighted by Crippen LogP contribution is 2.29. The predicted molar refractivity (Wildman–Crippen MR) is 124 cm³/mol. The van der Waals surface area contributed by atoms with Gasteiger partial charge in [-0.3, -0.25) is 14.4 Å². The quantitative estimate of drug-likeness (QED) is 0.438. The molecule has 9 heteroatoms. The molecule has 3 aromatic carbocycles.